The first-order valence-electron chi connectivity index (χ1n) is 3.41. The summed E-state index contributed by atoms with van der Waals surface area (Å²) in [6.45, 7) is 0. The molecule has 2 aliphatic rings. The van der Waals surface area contributed by atoms with Crippen LogP contribution in [0.2, 0.25) is 0 Å². The zero-order valence-electron chi connectivity index (χ0n) is 7.28. The standard InChI is InChI=1S/2In.3H2O4Se/c;;3*1-5(2,3)4/h;;3*(H2,1,2,3,4)/q2*+3;;;/p-6. The van der Waals surface area contributed by atoms with E-state index in [4.69, 9.17) is 0 Å². The summed E-state index contributed by atoms with van der Waals surface area (Å²) in [5, 5.41) is 0. The predicted octanol–water partition coefficient (Wildman–Crippen LogP) is -3.03. The maximum absolute atomic E-state index is 11.1. The van der Waals surface area contributed by atoms with Gasteiger partial charge in [0.1, 0.15) is 0 Å². The molecule has 0 N–H and O–H groups in total. The Kier molecular flexibility index (Phi) is 4.49. The van der Waals surface area contributed by atoms with Crippen LogP contribution in [0.5, 0.6) is 0 Å². The Morgan fingerprint density at radius 2 is 1.06 bits per heavy atom. The Morgan fingerprint density at radius 1 is 0.765 bits per heavy atom. The van der Waals surface area contributed by atoms with Gasteiger partial charge in [-0.3, -0.25) is 0 Å². The van der Waals surface area contributed by atoms with Crippen LogP contribution in [0, 0.1) is 0 Å². The quantitative estimate of drug-likeness (QED) is 0.282. The molecule has 2 fully saturated rings. The van der Waals surface area contributed by atoms with Crippen LogP contribution in [-0.4, -0.2) is 85.6 Å². The second kappa shape index (κ2) is 5.00. The minimum absolute atomic E-state index is 3.98. The van der Waals surface area contributed by atoms with Gasteiger partial charge in [-0.1, -0.05) is 0 Å². The van der Waals surface area contributed by atoms with Gasteiger partial charge in [-0.15, -0.1) is 0 Å². The molecular weight excluding hydrogens is 659 g/mol. The van der Waals surface area contributed by atoms with Crippen molar-refractivity contribution in [2.45, 2.75) is 0 Å². The van der Waals surface area contributed by atoms with Crippen LogP contribution >= 0.6 is 0 Å². The van der Waals surface area contributed by atoms with Crippen LogP contribution in [-0.2, 0) is 34.6 Å². The van der Waals surface area contributed by atoms with Crippen molar-refractivity contribution in [3.05, 3.63) is 0 Å². The predicted molar refractivity (Wildman–Crippen MR) is 39.4 cm³/mol. The van der Waals surface area contributed by atoms with E-state index in [0.717, 1.165) is 0 Å². The van der Waals surface area contributed by atoms with E-state index < -0.39 is 85.6 Å². The summed E-state index contributed by atoms with van der Waals surface area (Å²) >= 11 is -23.0. The second-order valence-corrected chi connectivity index (χ2v) is 30.4. The molecule has 2 rings (SSSR count). The summed E-state index contributed by atoms with van der Waals surface area (Å²) in [5.74, 6) is 0. The average Bonchev–Trinajstić information content (AvgIpc) is 1.94. The van der Waals surface area contributed by atoms with Gasteiger partial charge >= 0.3 is 120 Å². The van der Waals surface area contributed by atoms with Crippen LogP contribution in [0.1, 0.15) is 0 Å². The van der Waals surface area contributed by atoms with Gasteiger partial charge in [0.2, 0.25) is 0 Å². The first-order valence-corrected chi connectivity index (χ1v) is 19.9. The zero-order chi connectivity index (χ0) is 12.9. The molecule has 0 bridgehead atoms. The summed E-state index contributed by atoms with van der Waals surface area (Å²) in [7, 11) is 0. The molecular formula is In2O12Se3. The molecule has 0 aromatic heterocycles. The summed E-state index contributed by atoms with van der Waals surface area (Å²) in [4.78, 5) is 0. The van der Waals surface area contributed by atoms with E-state index in [9.17, 15) is 23.0 Å². The van der Waals surface area contributed by atoms with Crippen LogP contribution in [0.4, 0.5) is 0 Å². The Hall–Kier alpha value is 1.86. The molecule has 0 spiro atoms. The molecule has 0 aromatic carbocycles. The van der Waals surface area contributed by atoms with Crippen molar-refractivity contribution in [3.8, 4) is 0 Å². The van der Waals surface area contributed by atoms with Crippen molar-refractivity contribution in [1.82, 2.24) is 0 Å². The Balaban J connectivity index is 1.84. The molecule has 2 heterocycles. The molecule has 17 heteroatoms. The minimum atomic E-state index is -5.40. The van der Waals surface area contributed by atoms with Crippen LogP contribution in [0.25, 0.3) is 0 Å². The number of hydrogen-bond donors (Lipinski definition) is 0. The fourth-order valence-electron chi connectivity index (χ4n) is 0.679. The van der Waals surface area contributed by atoms with Crippen LogP contribution in [0.3, 0.4) is 0 Å². The van der Waals surface area contributed by atoms with Gasteiger partial charge in [-0.2, -0.15) is 0 Å². The van der Waals surface area contributed by atoms with Crippen LogP contribution < -0.4 is 0 Å². The summed E-state index contributed by atoms with van der Waals surface area (Å²) < 4.78 is 88.8. The third-order valence-corrected chi connectivity index (χ3v) is 41.1. The van der Waals surface area contributed by atoms with Crippen molar-refractivity contribution in [3.63, 3.8) is 0 Å². The van der Waals surface area contributed by atoms with Gasteiger partial charge in [-0.25, -0.2) is 0 Å². The summed E-state index contributed by atoms with van der Waals surface area (Å²) in [6, 6.07) is 0. The first-order chi connectivity index (χ1) is 7.57. The van der Waals surface area contributed by atoms with Crippen molar-refractivity contribution >= 4 is 85.6 Å². The van der Waals surface area contributed by atoms with Crippen molar-refractivity contribution in [2.24, 2.45) is 0 Å². The van der Waals surface area contributed by atoms with E-state index in [0.29, 0.717) is 0 Å². The molecule has 96 valence electrons. The maximum atomic E-state index is 11.1. The molecule has 0 aliphatic carbocycles. The molecule has 0 aromatic rings. The average molecular weight is 659 g/mol. The van der Waals surface area contributed by atoms with Gasteiger partial charge in [-0.05, 0) is 0 Å². The number of rotatable bonds is 4. The Bertz CT molecular complexity index is 533. The molecule has 0 unspecified atom stereocenters. The molecule has 0 radical (unpaired) electrons. The molecule has 17 heavy (non-hydrogen) atoms. The van der Waals surface area contributed by atoms with E-state index in [1.54, 1.807) is 0 Å². The SMILES string of the molecule is O=[Se]1(=O)[O][In]([O][Se](=O)(=O)[O][In]2[O][Se](=O)(=O)[O]2)[O]1. The van der Waals surface area contributed by atoms with Crippen molar-refractivity contribution in [2.75, 3.05) is 0 Å². The molecule has 0 atom stereocenters. The first kappa shape index (κ1) is 15.3. The summed E-state index contributed by atoms with van der Waals surface area (Å²) in [5.41, 5.74) is 0. The van der Waals surface area contributed by atoms with Gasteiger partial charge in [0.15, 0.2) is 0 Å². The van der Waals surface area contributed by atoms with Gasteiger partial charge in [0, 0.05) is 0 Å². The van der Waals surface area contributed by atoms with Crippen molar-refractivity contribution < 1.29 is 34.6 Å². The monoisotopic (exact) mass is 661 g/mol. The van der Waals surface area contributed by atoms with E-state index in [-0.39, 0.29) is 0 Å². The van der Waals surface area contributed by atoms with E-state index in [1.807, 2.05) is 0 Å². The zero-order valence-corrected chi connectivity index (χ0v) is 19.0. The van der Waals surface area contributed by atoms with E-state index in [2.05, 4.69) is 11.6 Å². The molecule has 0 saturated carbocycles. The molecule has 2 aliphatic heterocycles. The topological polar surface area (TPSA) is 158 Å². The fraction of sp³-hybridized carbons (Fsp3) is 0. The third-order valence-electron chi connectivity index (χ3n) is 1.18. The van der Waals surface area contributed by atoms with E-state index >= 15 is 0 Å². The third kappa shape index (κ3) is 4.43. The molecule has 0 amide bonds. The van der Waals surface area contributed by atoms with E-state index in [1.165, 1.54) is 0 Å². The van der Waals surface area contributed by atoms with Gasteiger partial charge < -0.3 is 0 Å². The molecule has 12 nitrogen and oxygen atoms in total. The normalized spacial score (nSPS) is 26.1. The van der Waals surface area contributed by atoms with Crippen molar-refractivity contribution in [1.29, 1.82) is 0 Å². The van der Waals surface area contributed by atoms with Gasteiger partial charge in [0.25, 0.3) is 0 Å². The Morgan fingerprint density at radius 3 is 1.29 bits per heavy atom. The fourth-order valence-corrected chi connectivity index (χ4v) is 37.5. The second-order valence-electron chi connectivity index (χ2n) is 2.38. The summed E-state index contributed by atoms with van der Waals surface area (Å²) in [6.07, 6.45) is 0. The Labute approximate surface area is 118 Å². The van der Waals surface area contributed by atoms with Crippen LogP contribution in [0.15, 0.2) is 0 Å². The van der Waals surface area contributed by atoms with Gasteiger partial charge in [0.05, 0.1) is 0 Å². The number of hydrogen-bond acceptors (Lipinski definition) is 12. The molecule has 2 saturated heterocycles.